The molecule has 2 aromatic rings. The van der Waals surface area contributed by atoms with Crippen LogP contribution in [0.5, 0.6) is 0 Å². The fourth-order valence-electron chi connectivity index (χ4n) is 3.85. The predicted octanol–water partition coefficient (Wildman–Crippen LogP) is 4.15. The van der Waals surface area contributed by atoms with Crippen LogP contribution in [0.2, 0.25) is 0 Å². The summed E-state index contributed by atoms with van der Waals surface area (Å²) in [5.74, 6) is 0. The molecule has 2 aliphatic heterocycles. The van der Waals surface area contributed by atoms with Crippen molar-refractivity contribution in [2.75, 3.05) is 0 Å². The fourth-order valence-corrected chi connectivity index (χ4v) is 3.85. The third kappa shape index (κ3) is 1.55. The first-order valence-electron chi connectivity index (χ1n) is 7.42. The molecular formula is C17H20N2. The molecule has 2 unspecified atom stereocenters. The largest absolute Gasteiger partial charge is 0.367 e. The third-order valence-corrected chi connectivity index (χ3v) is 4.67. The SMILES string of the molecule is CC/C=C/N1C2CCC1c1c([nH]c3ccccc13)C2. The molecule has 1 aromatic carbocycles. The van der Waals surface area contributed by atoms with Gasteiger partial charge in [-0.25, -0.2) is 0 Å². The van der Waals surface area contributed by atoms with Crippen LogP contribution in [0.4, 0.5) is 0 Å². The molecule has 1 saturated heterocycles. The molecule has 4 rings (SSSR count). The molecule has 0 spiro atoms. The van der Waals surface area contributed by atoms with Crippen LogP contribution in [-0.4, -0.2) is 15.9 Å². The summed E-state index contributed by atoms with van der Waals surface area (Å²) in [6.07, 6.45) is 9.56. The normalized spacial score (nSPS) is 25.4. The minimum Gasteiger partial charge on any atom is -0.367 e. The van der Waals surface area contributed by atoms with Crippen molar-refractivity contribution < 1.29 is 0 Å². The van der Waals surface area contributed by atoms with E-state index in [0.29, 0.717) is 12.1 Å². The van der Waals surface area contributed by atoms with Gasteiger partial charge in [0.2, 0.25) is 0 Å². The van der Waals surface area contributed by atoms with E-state index in [1.54, 1.807) is 5.56 Å². The lowest BCUT2D eigenvalue weighted by atomic mass is 9.97. The number of fused-ring (bicyclic) bond motifs is 6. The summed E-state index contributed by atoms with van der Waals surface area (Å²) in [5.41, 5.74) is 4.35. The summed E-state index contributed by atoms with van der Waals surface area (Å²) in [5, 5.41) is 1.43. The van der Waals surface area contributed by atoms with Gasteiger partial charge < -0.3 is 9.88 Å². The number of H-pyrrole nitrogens is 1. The van der Waals surface area contributed by atoms with Crippen LogP contribution in [-0.2, 0) is 6.42 Å². The lowest BCUT2D eigenvalue weighted by molar-refractivity contribution is 0.258. The zero-order valence-electron chi connectivity index (χ0n) is 11.4. The Balaban J connectivity index is 1.85. The summed E-state index contributed by atoms with van der Waals surface area (Å²) in [4.78, 5) is 6.25. The quantitative estimate of drug-likeness (QED) is 0.850. The van der Waals surface area contributed by atoms with E-state index >= 15 is 0 Å². The van der Waals surface area contributed by atoms with Crippen molar-refractivity contribution in [2.24, 2.45) is 0 Å². The Morgan fingerprint density at radius 3 is 3.11 bits per heavy atom. The second-order valence-corrected chi connectivity index (χ2v) is 5.75. The van der Waals surface area contributed by atoms with Crippen molar-refractivity contribution in [3.63, 3.8) is 0 Å². The van der Waals surface area contributed by atoms with Gasteiger partial charge in [-0.15, -0.1) is 0 Å². The Bertz CT molecular complexity index is 638. The monoisotopic (exact) mass is 252 g/mol. The zero-order valence-corrected chi connectivity index (χ0v) is 11.4. The Morgan fingerprint density at radius 2 is 2.21 bits per heavy atom. The lowest BCUT2D eigenvalue weighted by Crippen LogP contribution is -2.33. The maximum absolute atomic E-state index is 3.64. The van der Waals surface area contributed by atoms with Gasteiger partial charge in [-0.2, -0.15) is 0 Å². The summed E-state index contributed by atoms with van der Waals surface area (Å²) >= 11 is 0. The van der Waals surface area contributed by atoms with E-state index in [0.717, 1.165) is 6.42 Å². The highest BCUT2D eigenvalue weighted by atomic mass is 15.2. The molecular weight excluding hydrogens is 232 g/mol. The Labute approximate surface area is 114 Å². The van der Waals surface area contributed by atoms with Crippen LogP contribution in [0.15, 0.2) is 36.5 Å². The summed E-state index contributed by atoms with van der Waals surface area (Å²) in [6.45, 7) is 2.21. The van der Waals surface area contributed by atoms with Gasteiger partial charge in [0.15, 0.2) is 0 Å². The molecule has 2 atom stereocenters. The van der Waals surface area contributed by atoms with Gasteiger partial charge >= 0.3 is 0 Å². The molecule has 1 fully saturated rings. The molecule has 0 amide bonds. The van der Waals surface area contributed by atoms with E-state index in [4.69, 9.17) is 0 Å². The van der Waals surface area contributed by atoms with Crippen LogP contribution in [0.3, 0.4) is 0 Å². The highest BCUT2D eigenvalue weighted by Crippen LogP contribution is 2.46. The molecule has 2 heteroatoms. The number of aromatic nitrogens is 1. The maximum atomic E-state index is 3.64. The number of para-hydroxylation sites is 1. The summed E-state index contributed by atoms with van der Waals surface area (Å²) < 4.78 is 0. The van der Waals surface area contributed by atoms with E-state index in [1.165, 1.54) is 35.9 Å². The third-order valence-electron chi connectivity index (χ3n) is 4.67. The topological polar surface area (TPSA) is 19.0 Å². The van der Waals surface area contributed by atoms with Crippen molar-refractivity contribution in [3.8, 4) is 0 Å². The van der Waals surface area contributed by atoms with Crippen molar-refractivity contribution in [2.45, 2.75) is 44.7 Å². The van der Waals surface area contributed by atoms with Crippen LogP contribution >= 0.6 is 0 Å². The molecule has 98 valence electrons. The van der Waals surface area contributed by atoms with Crippen molar-refractivity contribution in [3.05, 3.63) is 47.8 Å². The lowest BCUT2D eigenvalue weighted by Gasteiger charge is -2.34. The van der Waals surface area contributed by atoms with Crippen LogP contribution in [0.1, 0.15) is 43.5 Å². The molecule has 0 aliphatic carbocycles. The van der Waals surface area contributed by atoms with Gasteiger partial charge in [0.1, 0.15) is 0 Å². The first-order chi connectivity index (χ1) is 9.38. The number of aromatic amines is 1. The van der Waals surface area contributed by atoms with Crippen molar-refractivity contribution in [1.82, 2.24) is 9.88 Å². The first-order valence-corrected chi connectivity index (χ1v) is 7.42. The first kappa shape index (κ1) is 11.2. The molecule has 2 nitrogen and oxygen atoms in total. The maximum Gasteiger partial charge on any atom is 0.0564 e. The van der Waals surface area contributed by atoms with E-state index in [1.807, 2.05) is 0 Å². The summed E-state index contributed by atoms with van der Waals surface area (Å²) in [6, 6.07) is 10.0. The average Bonchev–Trinajstić information content (AvgIpc) is 2.93. The van der Waals surface area contributed by atoms with Gasteiger partial charge in [-0.05, 0) is 31.5 Å². The van der Waals surface area contributed by atoms with Crippen molar-refractivity contribution in [1.29, 1.82) is 0 Å². The van der Waals surface area contributed by atoms with E-state index in [2.05, 4.69) is 53.3 Å². The molecule has 2 bridgehead atoms. The average molecular weight is 252 g/mol. The molecule has 2 aliphatic rings. The second kappa shape index (κ2) is 4.16. The Kier molecular flexibility index (Phi) is 2.44. The molecule has 0 saturated carbocycles. The van der Waals surface area contributed by atoms with Gasteiger partial charge in [0, 0.05) is 34.6 Å². The minimum absolute atomic E-state index is 0.590. The molecule has 19 heavy (non-hydrogen) atoms. The predicted molar refractivity (Wildman–Crippen MR) is 79.0 cm³/mol. The van der Waals surface area contributed by atoms with Gasteiger partial charge in [0.05, 0.1) is 6.04 Å². The molecule has 1 N–H and O–H groups in total. The van der Waals surface area contributed by atoms with Crippen LogP contribution in [0, 0.1) is 0 Å². The highest BCUT2D eigenvalue weighted by Gasteiger charge is 2.39. The Hall–Kier alpha value is -1.70. The number of allylic oxidation sites excluding steroid dienone is 1. The molecule has 0 radical (unpaired) electrons. The number of hydrogen-bond acceptors (Lipinski definition) is 1. The van der Waals surface area contributed by atoms with Gasteiger partial charge in [0.25, 0.3) is 0 Å². The van der Waals surface area contributed by atoms with Gasteiger partial charge in [-0.1, -0.05) is 31.2 Å². The smallest absolute Gasteiger partial charge is 0.0564 e. The summed E-state index contributed by atoms with van der Waals surface area (Å²) in [7, 11) is 0. The fraction of sp³-hybridized carbons (Fsp3) is 0.412. The Morgan fingerprint density at radius 1 is 1.32 bits per heavy atom. The van der Waals surface area contributed by atoms with Crippen molar-refractivity contribution >= 4 is 10.9 Å². The van der Waals surface area contributed by atoms with E-state index in [9.17, 15) is 0 Å². The minimum atomic E-state index is 0.590. The number of nitrogens with zero attached hydrogens (tertiary/aromatic N) is 1. The number of rotatable bonds is 2. The van der Waals surface area contributed by atoms with E-state index in [-0.39, 0.29) is 0 Å². The highest BCUT2D eigenvalue weighted by molar-refractivity contribution is 5.85. The zero-order chi connectivity index (χ0) is 12.8. The number of nitrogens with one attached hydrogen (secondary N) is 1. The molecule has 3 heterocycles. The van der Waals surface area contributed by atoms with Crippen LogP contribution < -0.4 is 0 Å². The number of benzene rings is 1. The van der Waals surface area contributed by atoms with Gasteiger partial charge in [-0.3, -0.25) is 0 Å². The van der Waals surface area contributed by atoms with E-state index < -0.39 is 0 Å². The van der Waals surface area contributed by atoms with Crippen LogP contribution in [0.25, 0.3) is 10.9 Å². The molecule has 1 aromatic heterocycles. The standard InChI is InChI=1S/C17H20N2/c1-2-3-10-19-12-8-9-16(19)17-13-6-4-5-7-14(13)18-15(17)11-12/h3-7,10,12,16,18H,2,8-9,11H2,1H3/b10-3+. The number of hydrogen-bond donors (Lipinski definition) is 1. The second-order valence-electron chi connectivity index (χ2n) is 5.75.